The number of anilines is 1. The Hall–Kier alpha value is -1.84. The number of fused-ring (bicyclic) bond motifs is 1. The van der Waals surface area contributed by atoms with E-state index in [0.717, 1.165) is 11.0 Å². The zero-order chi connectivity index (χ0) is 13.2. The standard InChI is InChI=1S/C15H19N3O/c1-2-14(19)17-15-16-12-9-5-6-10-13(12)18(15)11-7-3-4-8-11/h5-6,9-11H,2-4,7-8H2,1H3,(H,16,17,19). The number of carbonyl (C=O) groups excluding carboxylic acids is 1. The zero-order valence-corrected chi connectivity index (χ0v) is 11.2. The summed E-state index contributed by atoms with van der Waals surface area (Å²) >= 11 is 0. The number of para-hydroxylation sites is 2. The molecular formula is C15H19N3O. The first-order valence-electron chi connectivity index (χ1n) is 7.06. The lowest BCUT2D eigenvalue weighted by Gasteiger charge is -2.16. The highest BCUT2D eigenvalue weighted by Crippen LogP contribution is 2.35. The van der Waals surface area contributed by atoms with E-state index >= 15 is 0 Å². The molecule has 1 saturated carbocycles. The summed E-state index contributed by atoms with van der Waals surface area (Å²) in [6, 6.07) is 8.57. The number of amides is 1. The fourth-order valence-corrected chi connectivity index (χ4v) is 2.88. The summed E-state index contributed by atoms with van der Waals surface area (Å²) in [6.07, 6.45) is 5.36. The third-order valence-electron chi connectivity index (χ3n) is 3.86. The number of nitrogens with one attached hydrogen (secondary N) is 1. The molecule has 1 aliphatic carbocycles. The number of aromatic nitrogens is 2. The lowest BCUT2D eigenvalue weighted by atomic mass is 10.2. The molecular weight excluding hydrogens is 238 g/mol. The number of carbonyl (C=O) groups is 1. The number of hydrogen-bond donors (Lipinski definition) is 1. The van der Waals surface area contributed by atoms with Gasteiger partial charge in [0.1, 0.15) is 0 Å². The molecule has 0 aliphatic heterocycles. The molecule has 1 aromatic carbocycles. The van der Waals surface area contributed by atoms with Gasteiger partial charge in [-0.15, -0.1) is 0 Å². The molecule has 0 spiro atoms. The quantitative estimate of drug-likeness (QED) is 0.914. The molecule has 0 atom stereocenters. The number of rotatable bonds is 3. The maximum atomic E-state index is 11.7. The van der Waals surface area contributed by atoms with Gasteiger partial charge in [0.05, 0.1) is 11.0 Å². The van der Waals surface area contributed by atoms with Crippen LogP contribution in [0.25, 0.3) is 11.0 Å². The van der Waals surface area contributed by atoms with Crippen molar-refractivity contribution in [3.8, 4) is 0 Å². The lowest BCUT2D eigenvalue weighted by Crippen LogP contribution is -2.16. The highest BCUT2D eigenvalue weighted by molar-refractivity contribution is 5.91. The fraction of sp³-hybridized carbons (Fsp3) is 0.467. The van der Waals surface area contributed by atoms with Crippen LogP contribution in [0.2, 0.25) is 0 Å². The molecule has 2 aromatic rings. The molecule has 19 heavy (non-hydrogen) atoms. The van der Waals surface area contributed by atoms with E-state index in [1.165, 1.54) is 25.7 Å². The molecule has 0 bridgehead atoms. The maximum absolute atomic E-state index is 11.7. The summed E-state index contributed by atoms with van der Waals surface area (Å²) in [6.45, 7) is 1.86. The van der Waals surface area contributed by atoms with E-state index in [1.54, 1.807) is 0 Å². The SMILES string of the molecule is CCC(=O)Nc1nc2ccccc2n1C1CCCC1. The van der Waals surface area contributed by atoms with Gasteiger partial charge in [-0.3, -0.25) is 10.1 Å². The number of nitrogens with zero attached hydrogens (tertiary/aromatic N) is 2. The number of benzene rings is 1. The Morgan fingerprint density at radius 2 is 2.11 bits per heavy atom. The van der Waals surface area contributed by atoms with Crippen LogP contribution >= 0.6 is 0 Å². The minimum Gasteiger partial charge on any atom is -0.307 e. The first kappa shape index (κ1) is 12.2. The van der Waals surface area contributed by atoms with Gasteiger partial charge in [0, 0.05) is 12.5 Å². The third-order valence-corrected chi connectivity index (χ3v) is 3.86. The average Bonchev–Trinajstić information content (AvgIpc) is 3.04. The van der Waals surface area contributed by atoms with Gasteiger partial charge in [-0.2, -0.15) is 0 Å². The Balaban J connectivity index is 2.08. The second kappa shape index (κ2) is 5.03. The lowest BCUT2D eigenvalue weighted by molar-refractivity contribution is -0.115. The molecule has 1 aromatic heterocycles. The molecule has 1 fully saturated rings. The van der Waals surface area contributed by atoms with E-state index < -0.39 is 0 Å². The average molecular weight is 257 g/mol. The van der Waals surface area contributed by atoms with Crippen molar-refractivity contribution in [1.82, 2.24) is 9.55 Å². The van der Waals surface area contributed by atoms with E-state index in [9.17, 15) is 4.79 Å². The van der Waals surface area contributed by atoms with Crippen LogP contribution in [0.4, 0.5) is 5.95 Å². The molecule has 3 rings (SSSR count). The van der Waals surface area contributed by atoms with Crippen LogP contribution in [0, 0.1) is 0 Å². The van der Waals surface area contributed by atoms with Crippen LogP contribution in [0.15, 0.2) is 24.3 Å². The van der Waals surface area contributed by atoms with Crippen molar-refractivity contribution in [3.63, 3.8) is 0 Å². The maximum Gasteiger partial charge on any atom is 0.226 e. The predicted octanol–water partition coefficient (Wildman–Crippen LogP) is 3.50. The molecule has 0 unspecified atom stereocenters. The molecule has 100 valence electrons. The second-order valence-electron chi connectivity index (χ2n) is 5.13. The highest BCUT2D eigenvalue weighted by Gasteiger charge is 2.23. The molecule has 0 radical (unpaired) electrons. The van der Waals surface area contributed by atoms with Gasteiger partial charge in [-0.1, -0.05) is 31.9 Å². The van der Waals surface area contributed by atoms with Crippen LogP contribution in [-0.2, 0) is 4.79 Å². The van der Waals surface area contributed by atoms with Gasteiger partial charge in [0.2, 0.25) is 11.9 Å². The normalized spacial score (nSPS) is 16.1. The van der Waals surface area contributed by atoms with Gasteiger partial charge in [0.15, 0.2) is 0 Å². The molecule has 1 amide bonds. The number of hydrogen-bond acceptors (Lipinski definition) is 2. The van der Waals surface area contributed by atoms with Crippen LogP contribution in [0.5, 0.6) is 0 Å². The first-order chi connectivity index (χ1) is 9.29. The van der Waals surface area contributed by atoms with Crippen LogP contribution in [-0.4, -0.2) is 15.5 Å². The highest BCUT2D eigenvalue weighted by atomic mass is 16.1. The van der Waals surface area contributed by atoms with Crippen molar-refractivity contribution in [2.75, 3.05) is 5.32 Å². The van der Waals surface area contributed by atoms with Crippen molar-refractivity contribution < 1.29 is 4.79 Å². The van der Waals surface area contributed by atoms with Crippen molar-refractivity contribution in [2.45, 2.75) is 45.1 Å². The molecule has 0 saturated heterocycles. The van der Waals surface area contributed by atoms with Gasteiger partial charge in [0.25, 0.3) is 0 Å². The number of imidazole rings is 1. The largest absolute Gasteiger partial charge is 0.307 e. The summed E-state index contributed by atoms with van der Waals surface area (Å²) in [5.41, 5.74) is 2.08. The Morgan fingerprint density at radius 1 is 1.37 bits per heavy atom. The molecule has 1 heterocycles. The topological polar surface area (TPSA) is 46.9 Å². The Bertz CT molecular complexity index is 596. The fourth-order valence-electron chi connectivity index (χ4n) is 2.88. The van der Waals surface area contributed by atoms with E-state index in [-0.39, 0.29) is 5.91 Å². The summed E-state index contributed by atoms with van der Waals surface area (Å²) < 4.78 is 2.22. The van der Waals surface area contributed by atoms with Crippen molar-refractivity contribution in [1.29, 1.82) is 0 Å². The van der Waals surface area contributed by atoms with Crippen molar-refractivity contribution in [2.24, 2.45) is 0 Å². The molecule has 1 N–H and O–H groups in total. The minimum absolute atomic E-state index is 0.0227. The van der Waals surface area contributed by atoms with Crippen LogP contribution in [0.1, 0.15) is 45.1 Å². The van der Waals surface area contributed by atoms with Gasteiger partial charge in [-0.05, 0) is 25.0 Å². The summed E-state index contributed by atoms with van der Waals surface area (Å²) in [5.74, 6) is 0.731. The Labute approximate surface area is 112 Å². The van der Waals surface area contributed by atoms with E-state index in [2.05, 4.69) is 20.9 Å². The first-order valence-corrected chi connectivity index (χ1v) is 7.06. The summed E-state index contributed by atoms with van der Waals surface area (Å²) in [7, 11) is 0. The van der Waals surface area contributed by atoms with Gasteiger partial charge in [-0.25, -0.2) is 4.98 Å². The second-order valence-corrected chi connectivity index (χ2v) is 5.13. The van der Waals surface area contributed by atoms with Crippen LogP contribution < -0.4 is 5.32 Å². The summed E-state index contributed by atoms with van der Waals surface area (Å²) in [4.78, 5) is 16.2. The van der Waals surface area contributed by atoms with E-state index in [4.69, 9.17) is 0 Å². The van der Waals surface area contributed by atoms with E-state index in [0.29, 0.717) is 18.4 Å². The molecule has 4 nitrogen and oxygen atoms in total. The van der Waals surface area contributed by atoms with Gasteiger partial charge >= 0.3 is 0 Å². The monoisotopic (exact) mass is 257 g/mol. The minimum atomic E-state index is 0.0227. The molecule has 1 aliphatic rings. The molecule has 4 heteroatoms. The zero-order valence-electron chi connectivity index (χ0n) is 11.2. The summed E-state index contributed by atoms with van der Waals surface area (Å²) in [5, 5.41) is 2.94. The van der Waals surface area contributed by atoms with Gasteiger partial charge < -0.3 is 4.57 Å². The van der Waals surface area contributed by atoms with Crippen molar-refractivity contribution in [3.05, 3.63) is 24.3 Å². The van der Waals surface area contributed by atoms with Crippen molar-refractivity contribution >= 4 is 22.9 Å². The Kier molecular flexibility index (Phi) is 3.23. The smallest absolute Gasteiger partial charge is 0.226 e. The predicted molar refractivity (Wildman–Crippen MR) is 76.2 cm³/mol. The van der Waals surface area contributed by atoms with E-state index in [1.807, 2.05) is 25.1 Å². The van der Waals surface area contributed by atoms with Crippen LogP contribution in [0.3, 0.4) is 0 Å². The third kappa shape index (κ3) is 2.23. The Morgan fingerprint density at radius 3 is 2.84 bits per heavy atom.